The van der Waals surface area contributed by atoms with Gasteiger partial charge in [-0.25, -0.2) is 4.98 Å². The van der Waals surface area contributed by atoms with Crippen LogP contribution in [0.4, 0.5) is 0 Å². The normalized spacial score (nSPS) is 12.3. The van der Waals surface area contributed by atoms with Crippen LogP contribution >= 0.6 is 0 Å². The molecule has 2 aromatic rings. The van der Waals surface area contributed by atoms with Gasteiger partial charge in [-0.15, -0.1) is 0 Å². The molecule has 1 heterocycles. The van der Waals surface area contributed by atoms with Crippen LogP contribution in [0.2, 0.25) is 0 Å². The van der Waals surface area contributed by atoms with Crippen LogP contribution < -0.4 is 0 Å². The van der Waals surface area contributed by atoms with Gasteiger partial charge in [-0.2, -0.15) is 0 Å². The Balaban J connectivity index is 1.26. The van der Waals surface area contributed by atoms with Crippen molar-refractivity contribution in [2.45, 2.75) is 116 Å². The second-order valence-corrected chi connectivity index (χ2v) is 9.30. The molecule has 4 heteroatoms. The zero-order chi connectivity index (χ0) is 23.2. The lowest BCUT2D eigenvalue weighted by atomic mass is 10.0. The Morgan fingerprint density at radius 1 is 0.788 bits per heavy atom. The fourth-order valence-electron chi connectivity index (χ4n) is 4.15. The molecule has 0 saturated heterocycles. The highest BCUT2D eigenvalue weighted by Crippen LogP contribution is 2.13. The minimum atomic E-state index is 0.201. The average molecular weight is 457 g/mol. The van der Waals surface area contributed by atoms with E-state index in [1.807, 2.05) is 18.6 Å². The van der Waals surface area contributed by atoms with Crippen molar-refractivity contribution in [2.75, 3.05) is 13.2 Å². The molecule has 0 bridgehead atoms. The van der Waals surface area contributed by atoms with E-state index in [-0.39, 0.29) is 6.10 Å². The van der Waals surface area contributed by atoms with Crippen molar-refractivity contribution >= 4 is 0 Å². The van der Waals surface area contributed by atoms with E-state index >= 15 is 0 Å². The molecular formula is C29H48N2O2. The first-order chi connectivity index (χ1) is 16.4. The number of imidazole rings is 1. The molecule has 0 N–H and O–H groups in total. The van der Waals surface area contributed by atoms with Gasteiger partial charge in [-0.05, 0) is 24.8 Å². The van der Waals surface area contributed by atoms with Crippen LogP contribution in [-0.4, -0.2) is 28.9 Å². The lowest BCUT2D eigenvalue weighted by Crippen LogP contribution is -2.19. The number of ether oxygens (including phenoxy) is 2. The summed E-state index contributed by atoms with van der Waals surface area (Å²) in [5, 5.41) is 0. The van der Waals surface area contributed by atoms with E-state index in [1.54, 1.807) is 0 Å². The molecule has 33 heavy (non-hydrogen) atoms. The summed E-state index contributed by atoms with van der Waals surface area (Å²) in [7, 11) is 0. The molecule has 0 aliphatic heterocycles. The minimum absolute atomic E-state index is 0.201. The van der Waals surface area contributed by atoms with E-state index in [4.69, 9.17) is 9.47 Å². The summed E-state index contributed by atoms with van der Waals surface area (Å²) >= 11 is 0. The van der Waals surface area contributed by atoms with Crippen molar-refractivity contribution in [1.82, 2.24) is 9.55 Å². The first-order valence-electron chi connectivity index (χ1n) is 13.6. The highest BCUT2D eigenvalue weighted by atomic mass is 16.5. The zero-order valence-corrected chi connectivity index (χ0v) is 21.1. The Hall–Kier alpha value is -1.65. The molecule has 0 radical (unpaired) electrons. The van der Waals surface area contributed by atoms with Gasteiger partial charge < -0.3 is 14.0 Å². The Bertz CT molecular complexity index is 645. The van der Waals surface area contributed by atoms with E-state index in [0.717, 1.165) is 19.6 Å². The average Bonchev–Trinajstić information content (AvgIpc) is 3.37. The number of aryl methyl sites for hydroxylation is 1. The monoisotopic (exact) mass is 456 g/mol. The Labute approximate surface area is 203 Å². The van der Waals surface area contributed by atoms with Gasteiger partial charge in [-0.1, -0.05) is 108 Å². The predicted octanol–water partition coefficient (Wildman–Crippen LogP) is 7.97. The number of benzene rings is 1. The van der Waals surface area contributed by atoms with E-state index in [2.05, 4.69) is 46.9 Å². The summed E-state index contributed by atoms with van der Waals surface area (Å²) in [6.07, 6.45) is 24.7. The summed E-state index contributed by atoms with van der Waals surface area (Å²) in [6.45, 7) is 5.55. The fourth-order valence-corrected chi connectivity index (χ4v) is 4.15. The summed E-state index contributed by atoms with van der Waals surface area (Å²) < 4.78 is 14.0. The maximum absolute atomic E-state index is 5.99. The fraction of sp³-hybridized carbons (Fsp3) is 0.690. The molecule has 0 fully saturated rings. The van der Waals surface area contributed by atoms with Crippen LogP contribution in [-0.2, 0) is 22.6 Å². The maximum atomic E-state index is 5.99. The molecule has 1 unspecified atom stereocenters. The highest BCUT2D eigenvalue weighted by molar-refractivity contribution is 5.13. The van der Waals surface area contributed by atoms with Gasteiger partial charge in [-0.3, -0.25) is 0 Å². The van der Waals surface area contributed by atoms with Crippen molar-refractivity contribution in [2.24, 2.45) is 0 Å². The van der Waals surface area contributed by atoms with E-state index < -0.39 is 0 Å². The van der Waals surface area contributed by atoms with Crippen LogP contribution in [0.5, 0.6) is 0 Å². The van der Waals surface area contributed by atoms with Crippen molar-refractivity contribution < 1.29 is 9.47 Å². The molecule has 1 aromatic carbocycles. The molecule has 1 atom stereocenters. The van der Waals surface area contributed by atoms with Gasteiger partial charge >= 0.3 is 0 Å². The quantitative estimate of drug-likeness (QED) is 0.169. The molecule has 0 aliphatic carbocycles. The van der Waals surface area contributed by atoms with Crippen LogP contribution in [0.15, 0.2) is 49.1 Å². The van der Waals surface area contributed by atoms with Crippen LogP contribution in [0.3, 0.4) is 0 Å². The number of nitrogens with zero attached hydrogens (tertiary/aromatic N) is 2. The third-order valence-corrected chi connectivity index (χ3v) is 6.35. The lowest BCUT2D eigenvalue weighted by molar-refractivity contribution is -0.0269. The smallest absolute Gasteiger partial charge is 0.0945 e. The SMILES string of the molecule is CCC(COCCCCCCCCCCCCCCCn1ccnc1)OCc1ccccc1. The Morgan fingerprint density at radius 3 is 1.97 bits per heavy atom. The number of aromatic nitrogens is 2. The molecule has 1 aromatic heterocycles. The largest absolute Gasteiger partial charge is 0.379 e. The molecule has 0 spiro atoms. The van der Waals surface area contributed by atoms with Gasteiger partial charge in [0.25, 0.3) is 0 Å². The number of hydrogen-bond donors (Lipinski definition) is 0. The standard InChI is InChI=1S/C29H48N2O2/c1-2-29(33-25-28-19-15-14-16-20-28)26-32-24-18-13-11-9-7-5-3-4-6-8-10-12-17-22-31-23-21-30-27-31/h14-16,19-21,23,27,29H,2-13,17-18,22,24-26H2,1H3. The highest BCUT2D eigenvalue weighted by Gasteiger charge is 2.07. The lowest BCUT2D eigenvalue weighted by Gasteiger charge is -2.16. The Morgan fingerprint density at radius 2 is 1.39 bits per heavy atom. The van der Waals surface area contributed by atoms with E-state index in [0.29, 0.717) is 13.2 Å². The molecule has 0 saturated carbocycles. The second-order valence-electron chi connectivity index (χ2n) is 9.30. The molecule has 4 nitrogen and oxygen atoms in total. The Kier molecular flexibility index (Phi) is 16.5. The van der Waals surface area contributed by atoms with Gasteiger partial charge in [0.1, 0.15) is 0 Å². The first kappa shape index (κ1) is 27.6. The van der Waals surface area contributed by atoms with Gasteiger partial charge in [0.05, 0.1) is 25.6 Å². The van der Waals surface area contributed by atoms with Crippen molar-refractivity contribution in [3.05, 3.63) is 54.6 Å². The van der Waals surface area contributed by atoms with Crippen molar-refractivity contribution in [1.29, 1.82) is 0 Å². The van der Waals surface area contributed by atoms with Gasteiger partial charge in [0.15, 0.2) is 0 Å². The minimum Gasteiger partial charge on any atom is -0.379 e. The van der Waals surface area contributed by atoms with Crippen LogP contribution in [0, 0.1) is 0 Å². The van der Waals surface area contributed by atoms with Gasteiger partial charge in [0.2, 0.25) is 0 Å². The molecule has 0 aliphatic rings. The molecular weight excluding hydrogens is 408 g/mol. The third-order valence-electron chi connectivity index (χ3n) is 6.35. The summed E-state index contributed by atoms with van der Waals surface area (Å²) in [4.78, 5) is 4.09. The van der Waals surface area contributed by atoms with Crippen molar-refractivity contribution in [3.8, 4) is 0 Å². The van der Waals surface area contributed by atoms with Crippen LogP contribution in [0.25, 0.3) is 0 Å². The van der Waals surface area contributed by atoms with E-state index in [9.17, 15) is 0 Å². The summed E-state index contributed by atoms with van der Waals surface area (Å²) in [6, 6.07) is 10.4. The number of hydrogen-bond acceptors (Lipinski definition) is 3. The summed E-state index contributed by atoms with van der Waals surface area (Å²) in [5.74, 6) is 0. The van der Waals surface area contributed by atoms with Crippen molar-refractivity contribution in [3.63, 3.8) is 0 Å². The predicted molar refractivity (Wildman–Crippen MR) is 138 cm³/mol. The van der Waals surface area contributed by atoms with Gasteiger partial charge in [0, 0.05) is 25.5 Å². The molecule has 2 rings (SSSR count). The number of rotatable bonds is 22. The molecule has 0 amide bonds. The second kappa shape index (κ2) is 19.8. The first-order valence-corrected chi connectivity index (χ1v) is 13.6. The number of unbranched alkanes of at least 4 members (excludes halogenated alkanes) is 12. The third kappa shape index (κ3) is 15.0. The summed E-state index contributed by atoms with van der Waals surface area (Å²) in [5.41, 5.74) is 1.23. The zero-order valence-electron chi connectivity index (χ0n) is 21.1. The topological polar surface area (TPSA) is 36.3 Å². The molecule has 186 valence electrons. The van der Waals surface area contributed by atoms with E-state index in [1.165, 1.54) is 89.0 Å². The van der Waals surface area contributed by atoms with Crippen LogP contribution in [0.1, 0.15) is 102 Å². The maximum Gasteiger partial charge on any atom is 0.0945 e.